The molecule has 1 rings (SSSR count). The van der Waals surface area contributed by atoms with Crippen molar-refractivity contribution in [1.29, 1.82) is 0 Å². The van der Waals surface area contributed by atoms with E-state index in [-0.39, 0.29) is 0 Å². The Morgan fingerprint density at radius 1 is 1.40 bits per heavy atom. The maximum atomic E-state index is 6.05. The molecule has 0 bridgehead atoms. The van der Waals surface area contributed by atoms with Crippen molar-refractivity contribution in [3.63, 3.8) is 0 Å². The molecule has 1 aromatic rings. The molecule has 1 N–H and O–H groups in total. The number of rotatable bonds is 5. The highest BCUT2D eigenvalue weighted by Crippen LogP contribution is 2.30. The predicted octanol–water partition coefficient (Wildman–Crippen LogP) is 4.08. The van der Waals surface area contributed by atoms with Crippen molar-refractivity contribution in [3.8, 4) is 0 Å². The van der Waals surface area contributed by atoms with Crippen LogP contribution in [-0.4, -0.2) is 18.8 Å². The van der Waals surface area contributed by atoms with E-state index in [0.717, 1.165) is 27.1 Å². The zero-order chi connectivity index (χ0) is 11.3. The first kappa shape index (κ1) is 13.2. The van der Waals surface area contributed by atoms with Crippen LogP contribution in [0.25, 0.3) is 0 Å². The Bertz CT molecular complexity index is 317. The van der Waals surface area contributed by atoms with Crippen molar-refractivity contribution in [2.24, 2.45) is 0 Å². The van der Waals surface area contributed by atoms with Crippen LogP contribution in [-0.2, 0) is 0 Å². The summed E-state index contributed by atoms with van der Waals surface area (Å²) in [5.41, 5.74) is 0. The van der Waals surface area contributed by atoms with Gasteiger partial charge in [-0.1, -0.05) is 23.2 Å². The zero-order valence-corrected chi connectivity index (χ0v) is 11.2. The number of benzene rings is 1. The second kappa shape index (κ2) is 6.64. The van der Waals surface area contributed by atoms with Crippen LogP contribution >= 0.6 is 35.0 Å². The van der Waals surface area contributed by atoms with Crippen molar-refractivity contribution in [2.45, 2.75) is 24.3 Å². The molecule has 0 saturated carbocycles. The van der Waals surface area contributed by atoms with Gasteiger partial charge < -0.3 is 5.32 Å². The van der Waals surface area contributed by atoms with E-state index in [9.17, 15) is 0 Å². The molecule has 0 radical (unpaired) electrons. The molecule has 1 atom stereocenters. The molecule has 1 nitrogen and oxygen atoms in total. The molecule has 0 fully saturated rings. The highest BCUT2D eigenvalue weighted by Gasteiger charge is 2.03. The van der Waals surface area contributed by atoms with Gasteiger partial charge >= 0.3 is 0 Å². The summed E-state index contributed by atoms with van der Waals surface area (Å²) in [6, 6.07) is 6.10. The van der Waals surface area contributed by atoms with Gasteiger partial charge in [0.1, 0.15) is 0 Å². The third-order valence-electron chi connectivity index (χ3n) is 2.19. The molecule has 84 valence electrons. The molecule has 0 aliphatic heterocycles. The SMILES string of the molecule is CNC(C)CCSc1cc(Cl)ccc1Cl. The fourth-order valence-electron chi connectivity index (χ4n) is 1.08. The van der Waals surface area contributed by atoms with E-state index in [1.807, 2.05) is 25.2 Å². The van der Waals surface area contributed by atoms with Gasteiger partial charge in [-0.25, -0.2) is 0 Å². The molecule has 0 saturated heterocycles. The molecule has 1 aromatic carbocycles. The number of nitrogens with one attached hydrogen (secondary N) is 1. The van der Waals surface area contributed by atoms with Crippen molar-refractivity contribution in [3.05, 3.63) is 28.2 Å². The second-order valence-corrected chi connectivity index (χ2v) is 5.38. The summed E-state index contributed by atoms with van der Waals surface area (Å²) in [4.78, 5) is 1.06. The molecule has 4 heteroatoms. The molecule has 0 aliphatic rings. The van der Waals surface area contributed by atoms with E-state index >= 15 is 0 Å². The van der Waals surface area contributed by atoms with Gasteiger partial charge in [0.25, 0.3) is 0 Å². The van der Waals surface area contributed by atoms with Gasteiger partial charge in [0, 0.05) is 16.0 Å². The van der Waals surface area contributed by atoms with E-state index in [1.54, 1.807) is 11.8 Å². The monoisotopic (exact) mass is 263 g/mol. The van der Waals surface area contributed by atoms with Crippen LogP contribution in [0.1, 0.15) is 13.3 Å². The van der Waals surface area contributed by atoms with E-state index < -0.39 is 0 Å². The molecular formula is C11H15Cl2NS. The lowest BCUT2D eigenvalue weighted by Crippen LogP contribution is -2.21. The average Bonchev–Trinajstić information content (AvgIpc) is 2.23. The van der Waals surface area contributed by atoms with Gasteiger partial charge in [0.05, 0.1) is 5.02 Å². The Balaban J connectivity index is 2.46. The summed E-state index contributed by atoms with van der Waals surface area (Å²) in [6.45, 7) is 2.17. The molecular weight excluding hydrogens is 249 g/mol. The molecule has 0 aliphatic carbocycles. The topological polar surface area (TPSA) is 12.0 Å². The quantitative estimate of drug-likeness (QED) is 0.804. The lowest BCUT2D eigenvalue weighted by Gasteiger charge is -2.09. The summed E-state index contributed by atoms with van der Waals surface area (Å²) < 4.78 is 0. The average molecular weight is 264 g/mol. The minimum Gasteiger partial charge on any atom is -0.317 e. The summed E-state index contributed by atoms with van der Waals surface area (Å²) in [6.07, 6.45) is 1.12. The van der Waals surface area contributed by atoms with Gasteiger partial charge in [-0.15, -0.1) is 11.8 Å². The normalized spacial score (nSPS) is 12.8. The summed E-state index contributed by atoms with van der Waals surface area (Å²) >= 11 is 13.7. The van der Waals surface area contributed by atoms with Crippen LogP contribution in [0.2, 0.25) is 10.0 Å². The second-order valence-electron chi connectivity index (χ2n) is 3.40. The first-order valence-electron chi connectivity index (χ1n) is 4.88. The smallest absolute Gasteiger partial charge is 0.0542 e. The Morgan fingerprint density at radius 2 is 2.13 bits per heavy atom. The van der Waals surface area contributed by atoms with Gasteiger partial charge in [-0.2, -0.15) is 0 Å². The van der Waals surface area contributed by atoms with E-state index in [0.29, 0.717) is 6.04 Å². The Labute approximate surface area is 106 Å². The Kier molecular flexibility index (Phi) is 5.83. The zero-order valence-electron chi connectivity index (χ0n) is 8.89. The largest absolute Gasteiger partial charge is 0.317 e. The van der Waals surface area contributed by atoms with Gasteiger partial charge in [0.15, 0.2) is 0 Å². The molecule has 1 unspecified atom stereocenters. The van der Waals surface area contributed by atoms with Crippen LogP contribution < -0.4 is 5.32 Å². The third-order valence-corrected chi connectivity index (χ3v) is 3.96. The van der Waals surface area contributed by atoms with Gasteiger partial charge in [0.2, 0.25) is 0 Å². The lowest BCUT2D eigenvalue weighted by atomic mass is 10.3. The Hall–Kier alpha value is 0.110. The Morgan fingerprint density at radius 3 is 2.80 bits per heavy atom. The summed E-state index contributed by atoms with van der Waals surface area (Å²) in [5, 5.41) is 4.72. The summed E-state index contributed by atoms with van der Waals surface area (Å²) in [5.74, 6) is 1.04. The van der Waals surface area contributed by atoms with E-state index in [1.165, 1.54) is 0 Å². The van der Waals surface area contributed by atoms with Crippen LogP contribution in [0.15, 0.2) is 23.1 Å². The highest BCUT2D eigenvalue weighted by molar-refractivity contribution is 7.99. The number of thioether (sulfide) groups is 1. The standard InChI is InChI=1S/C11H15Cl2NS/c1-8(14-2)5-6-15-11-7-9(12)3-4-10(11)13/h3-4,7-8,14H,5-6H2,1-2H3. The fraction of sp³-hybridized carbons (Fsp3) is 0.455. The van der Waals surface area contributed by atoms with Crippen LogP contribution in [0.3, 0.4) is 0 Å². The van der Waals surface area contributed by atoms with Crippen LogP contribution in [0.5, 0.6) is 0 Å². The predicted molar refractivity (Wildman–Crippen MR) is 70.3 cm³/mol. The minimum atomic E-state index is 0.537. The van der Waals surface area contributed by atoms with E-state index in [2.05, 4.69) is 12.2 Å². The molecule has 0 amide bonds. The first-order chi connectivity index (χ1) is 7.13. The molecule has 0 heterocycles. The molecule has 0 aromatic heterocycles. The maximum absolute atomic E-state index is 6.05. The number of hydrogen-bond donors (Lipinski definition) is 1. The van der Waals surface area contributed by atoms with Crippen LogP contribution in [0.4, 0.5) is 0 Å². The maximum Gasteiger partial charge on any atom is 0.0542 e. The third kappa shape index (κ3) is 4.64. The first-order valence-corrected chi connectivity index (χ1v) is 6.62. The minimum absolute atomic E-state index is 0.537. The lowest BCUT2D eigenvalue weighted by molar-refractivity contribution is 0.598. The van der Waals surface area contributed by atoms with Crippen molar-refractivity contribution in [2.75, 3.05) is 12.8 Å². The summed E-state index contributed by atoms with van der Waals surface area (Å²) in [7, 11) is 1.97. The van der Waals surface area contributed by atoms with Crippen molar-refractivity contribution >= 4 is 35.0 Å². The van der Waals surface area contributed by atoms with Crippen LogP contribution in [0, 0.1) is 0 Å². The molecule has 0 spiro atoms. The van der Waals surface area contributed by atoms with Gasteiger partial charge in [-0.3, -0.25) is 0 Å². The number of hydrogen-bond acceptors (Lipinski definition) is 2. The van der Waals surface area contributed by atoms with E-state index in [4.69, 9.17) is 23.2 Å². The fourth-order valence-corrected chi connectivity index (χ4v) is 2.70. The van der Waals surface area contributed by atoms with Crippen molar-refractivity contribution < 1.29 is 0 Å². The van der Waals surface area contributed by atoms with Crippen molar-refractivity contribution in [1.82, 2.24) is 5.32 Å². The highest BCUT2D eigenvalue weighted by atomic mass is 35.5. The van der Waals surface area contributed by atoms with Gasteiger partial charge in [-0.05, 0) is 44.3 Å². The molecule has 15 heavy (non-hydrogen) atoms. The number of halogens is 2.